The van der Waals surface area contributed by atoms with Crippen LogP contribution >= 0.6 is 0 Å². The van der Waals surface area contributed by atoms with Gasteiger partial charge >= 0.3 is 195 Å². The van der Waals surface area contributed by atoms with E-state index in [4.69, 9.17) is 0 Å². The summed E-state index contributed by atoms with van der Waals surface area (Å²) < 4.78 is -0.217. The molecular formula is C28H30O3Sn. The van der Waals surface area contributed by atoms with Crippen molar-refractivity contribution in [1.82, 2.24) is 0 Å². The summed E-state index contributed by atoms with van der Waals surface area (Å²) in [6, 6.07) is 22.0. The second-order valence-electron chi connectivity index (χ2n) is 8.44. The maximum atomic E-state index is 14.3. The third-order valence-electron chi connectivity index (χ3n) is 6.24. The Morgan fingerprint density at radius 2 is 0.906 bits per heavy atom. The summed E-state index contributed by atoms with van der Waals surface area (Å²) in [4.78, 5) is 42.9. The van der Waals surface area contributed by atoms with Crippen LogP contribution in [-0.2, 0) is 0 Å². The molecule has 0 saturated heterocycles. The molecule has 0 aliphatic rings. The Morgan fingerprint density at radius 1 is 0.594 bits per heavy atom. The molecule has 0 radical (unpaired) electrons. The van der Waals surface area contributed by atoms with E-state index in [2.05, 4.69) is 0 Å². The first-order valence-electron chi connectivity index (χ1n) is 11.2. The Kier molecular flexibility index (Phi) is 7.83. The molecule has 3 nitrogen and oxygen atoms in total. The number of hydrogen-bond acceptors (Lipinski definition) is 3. The van der Waals surface area contributed by atoms with E-state index in [1.807, 2.05) is 82.3 Å². The first-order chi connectivity index (χ1) is 15.3. The minimum atomic E-state index is -4.91. The second kappa shape index (κ2) is 10.4. The van der Waals surface area contributed by atoms with Crippen molar-refractivity contribution in [2.45, 2.75) is 45.0 Å². The zero-order valence-electron chi connectivity index (χ0n) is 19.3. The summed E-state index contributed by atoms with van der Waals surface area (Å²) in [5.74, 6) is 0. The van der Waals surface area contributed by atoms with Crippen LogP contribution in [0.1, 0.15) is 67.5 Å². The molecule has 0 saturated carbocycles. The molecule has 3 rings (SSSR count). The van der Waals surface area contributed by atoms with E-state index >= 15 is 0 Å². The molecule has 4 heteroatoms. The fourth-order valence-corrected chi connectivity index (χ4v) is 16.8. The Balaban J connectivity index is 2.33. The van der Waals surface area contributed by atoms with Gasteiger partial charge in [-0.15, -0.1) is 0 Å². The number of carbonyl (C=O) groups is 3. The number of aryl methyl sites for hydroxylation is 3. The molecule has 0 fully saturated rings. The van der Waals surface area contributed by atoms with E-state index in [9.17, 15) is 14.4 Å². The van der Waals surface area contributed by atoms with Crippen LogP contribution < -0.4 is 0 Å². The number of benzene rings is 3. The van der Waals surface area contributed by atoms with E-state index in [0.717, 1.165) is 23.1 Å². The summed E-state index contributed by atoms with van der Waals surface area (Å²) in [7, 11) is 0. The average Bonchev–Trinajstić information content (AvgIpc) is 2.80. The van der Waals surface area contributed by atoms with Gasteiger partial charge in [0.05, 0.1) is 0 Å². The molecule has 0 N–H and O–H groups in total. The monoisotopic (exact) mass is 534 g/mol. The zero-order valence-corrected chi connectivity index (χ0v) is 22.1. The van der Waals surface area contributed by atoms with Gasteiger partial charge in [0, 0.05) is 0 Å². The molecule has 164 valence electrons. The van der Waals surface area contributed by atoms with Crippen LogP contribution in [-0.4, -0.2) is 29.8 Å². The molecule has 0 aromatic heterocycles. The first kappa shape index (κ1) is 24.1. The molecule has 3 aromatic carbocycles. The van der Waals surface area contributed by atoms with Crippen LogP contribution in [0, 0.1) is 20.8 Å². The van der Waals surface area contributed by atoms with Gasteiger partial charge in [-0.2, -0.15) is 0 Å². The number of hydrogen-bond donors (Lipinski definition) is 0. The van der Waals surface area contributed by atoms with Gasteiger partial charge in [-0.05, 0) is 0 Å². The maximum absolute atomic E-state index is 14.3. The van der Waals surface area contributed by atoms with E-state index in [1.54, 1.807) is 18.2 Å². The van der Waals surface area contributed by atoms with Crippen molar-refractivity contribution in [3.63, 3.8) is 0 Å². The van der Waals surface area contributed by atoms with Gasteiger partial charge < -0.3 is 0 Å². The standard InChI is InChI=1S/3C8H7O.C4H9.Sn/c3*1-7-4-2-3-5-8(7)6-9;1-3-4-2;/h3*2-5H,1H3;1,3-4H2,2H3;. The minimum absolute atomic E-state index is 0.202. The predicted octanol–water partition coefficient (Wildman–Crippen LogP) is 6.43. The molecule has 0 atom stereocenters. The Morgan fingerprint density at radius 3 is 1.19 bits per heavy atom. The Bertz CT molecular complexity index is 1020. The number of unbranched alkanes of at least 4 members (excludes halogenated alkanes) is 1. The van der Waals surface area contributed by atoms with Crippen LogP contribution in [0.3, 0.4) is 0 Å². The predicted molar refractivity (Wildman–Crippen MR) is 132 cm³/mol. The SMILES string of the molecule is CCC[CH2][Sn]([C](=O)c1ccccc1C)([C](=O)c1ccccc1C)[C](=O)c1ccccc1C. The van der Waals surface area contributed by atoms with Crippen molar-refractivity contribution in [1.29, 1.82) is 0 Å². The van der Waals surface area contributed by atoms with Gasteiger partial charge in [0.1, 0.15) is 0 Å². The summed E-state index contributed by atoms with van der Waals surface area (Å²) >= 11 is -4.91. The molecular weight excluding hydrogens is 503 g/mol. The summed E-state index contributed by atoms with van der Waals surface area (Å²) in [6.45, 7) is 7.66. The van der Waals surface area contributed by atoms with Crippen molar-refractivity contribution in [3.05, 3.63) is 106 Å². The molecule has 3 aromatic rings. The summed E-state index contributed by atoms with van der Waals surface area (Å²) in [5, 5.41) is 0. The Labute approximate surface area is 194 Å². The Hall–Kier alpha value is -2.53. The normalized spacial score (nSPS) is 11.2. The van der Waals surface area contributed by atoms with Crippen LogP contribution in [0.2, 0.25) is 4.44 Å². The fraction of sp³-hybridized carbons (Fsp3) is 0.250. The van der Waals surface area contributed by atoms with Crippen molar-refractivity contribution in [2.75, 3.05) is 0 Å². The molecule has 32 heavy (non-hydrogen) atoms. The van der Waals surface area contributed by atoms with Crippen LogP contribution in [0.4, 0.5) is 0 Å². The molecule has 0 spiro atoms. The fourth-order valence-electron chi connectivity index (χ4n) is 4.26. The summed E-state index contributed by atoms with van der Waals surface area (Å²) in [6.07, 6.45) is 1.50. The van der Waals surface area contributed by atoms with Crippen molar-refractivity contribution in [2.24, 2.45) is 0 Å². The molecule has 0 heterocycles. The molecule has 0 amide bonds. The molecule has 0 aliphatic carbocycles. The van der Waals surface area contributed by atoms with E-state index in [0.29, 0.717) is 27.5 Å². The van der Waals surface area contributed by atoms with E-state index < -0.39 is 18.4 Å². The van der Waals surface area contributed by atoms with E-state index in [1.165, 1.54) is 0 Å². The number of rotatable bonds is 9. The molecule has 0 bridgehead atoms. The molecule has 0 aliphatic heterocycles. The third-order valence-corrected chi connectivity index (χ3v) is 18.3. The van der Waals surface area contributed by atoms with Crippen LogP contribution in [0.5, 0.6) is 0 Å². The topological polar surface area (TPSA) is 51.2 Å². The summed E-state index contributed by atoms with van der Waals surface area (Å²) in [5.41, 5.74) is 3.98. The van der Waals surface area contributed by atoms with Gasteiger partial charge in [-0.25, -0.2) is 0 Å². The first-order valence-corrected chi connectivity index (χ1v) is 17.5. The van der Waals surface area contributed by atoms with Gasteiger partial charge in [-0.1, -0.05) is 0 Å². The second-order valence-corrected chi connectivity index (χ2v) is 18.9. The van der Waals surface area contributed by atoms with Crippen LogP contribution in [0.15, 0.2) is 72.8 Å². The van der Waals surface area contributed by atoms with Crippen molar-refractivity contribution >= 4 is 29.8 Å². The van der Waals surface area contributed by atoms with Gasteiger partial charge in [0.15, 0.2) is 0 Å². The number of carbonyl (C=O) groups excluding carboxylic acids is 3. The van der Waals surface area contributed by atoms with Crippen LogP contribution in [0.25, 0.3) is 0 Å². The van der Waals surface area contributed by atoms with Gasteiger partial charge in [-0.3, -0.25) is 0 Å². The van der Waals surface area contributed by atoms with Gasteiger partial charge in [0.2, 0.25) is 0 Å². The quantitative estimate of drug-likeness (QED) is 0.298. The van der Waals surface area contributed by atoms with E-state index in [-0.39, 0.29) is 11.4 Å². The molecule has 0 unspecified atom stereocenters. The van der Waals surface area contributed by atoms with Gasteiger partial charge in [0.25, 0.3) is 0 Å². The zero-order chi connectivity index (χ0) is 23.3. The average molecular weight is 533 g/mol. The van der Waals surface area contributed by atoms with Crippen molar-refractivity contribution < 1.29 is 14.4 Å². The third kappa shape index (κ3) is 4.49. The van der Waals surface area contributed by atoms with Crippen molar-refractivity contribution in [3.8, 4) is 0 Å².